The molecule has 0 spiro atoms. The SMILES string of the molecule is Cc1ccc(N(C)CC(N)c2ccccc2C)c(C)c1. The molecular formula is C18H24N2. The molecule has 2 nitrogen and oxygen atoms in total. The Kier molecular flexibility index (Phi) is 4.46. The Morgan fingerprint density at radius 3 is 2.35 bits per heavy atom. The lowest BCUT2D eigenvalue weighted by Gasteiger charge is -2.26. The van der Waals surface area contributed by atoms with E-state index in [2.05, 4.69) is 75.2 Å². The molecule has 0 aromatic heterocycles. The molecule has 0 heterocycles. The highest BCUT2D eigenvalue weighted by atomic mass is 15.1. The van der Waals surface area contributed by atoms with E-state index in [1.807, 2.05) is 0 Å². The van der Waals surface area contributed by atoms with Gasteiger partial charge in [0.2, 0.25) is 0 Å². The molecule has 2 N–H and O–H groups in total. The fraction of sp³-hybridized carbons (Fsp3) is 0.333. The lowest BCUT2D eigenvalue weighted by atomic mass is 10.0. The second-order valence-corrected chi connectivity index (χ2v) is 5.63. The van der Waals surface area contributed by atoms with E-state index >= 15 is 0 Å². The smallest absolute Gasteiger partial charge is 0.0475 e. The zero-order valence-electron chi connectivity index (χ0n) is 12.9. The van der Waals surface area contributed by atoms with Crippen LogP contribution < -0.4 is 10.6 Å². The number of nitrogens with two attached hydrogens (primary N) is 1. The zero-order valence-corrected chi connectivity index (χ0v) is 12.9. The molecule has 0 aliphatic rings. The molecule has 0 aliphatic heterocycles. The van der Waals surface area contributed by atoms with Gasteiger partial charge in [0.15, 0.2) is 0 Å². The minimum Gasteiger partial charge on any atom is -0.372 e. The van der Waals surface area contributed by atoms with Gasteiger partial charge in [-0.1, -0.05) is 42.0 Å². The highest BCUT2D eigenvalue weighted by Gasteiger charge is 2.13. The van der Waals surface area contributed by atoms with E-state index in [9.17, 15) is 0 Å². The molecule has 20 heavy (non-hydrogen) atoms. The number of benzene rings is 2. The molecular weight excluding hydrogens is 244 g/mol. The van der Waals surface area contributed by atoms with Crippen molar-refractivity contribution in [2.24, 2.45) is 5.73 Å². The fourth-order valence-corrected chi connectivity index (χ4v) is 2.73. The molecule has 2 aromatic carbocycles. The predicted molar refractivity (Wildman–Crippen MR) is 87.3 cm³/mol. The van der Waals surface area contributed by atoms with Crippen LogP contribution in [0.3, 0.4) is 0 Å². The van der Waals surface area contributed by atoms with E-state index in [4.69, 9.17) is 5.73 Å². The maximum Gasteiger partial charge on any atom is 0.0475 e. The third-order valence-electron chi connectivity index (χ3n) is 3.82. The Labute approximate surface area is 122 Å². The fourth-order valence-electron chi connectivity index (χ4n) is 2.73. The van der Waals surface area contributed by atoms with Gasteiger partial charge in [0, 0.05) is 25.3 Å². The monoisotopic (exact) mass is 268 g/mol. The van der Waals surface area contributed by atoms with E-state index in [1.165, 1.54) is 27.9 Å². The van der Waals surface area contributed by atoms with E-state index in [0.29, 0.717) is 0 Å². The maximum absolute atomic E-state index is 6.37. The molecule has 0 radical (unpaired) electrons. The van der Waals surface area contributed by atoms with Crippen molar-refractivity contribution in [3.8, 4) is 0 Å². The average molecular weight is 268 g/mol. The molecule has 0 bridgehead atoms. The first-order chi connectivity index (χ1) is 9.49. The van der Waals surface area contributed by atoms with E-state index in [0.717, 1.165) is 6.54 Å². The number of hydrogen-bond donors (Lipinski definition) is 1. The summed E-state index contributed by atoms with van der Waals surface area (Å²) in [6.07, 6.45) is 0. The van der Waals surface area contributed by atoms with Crippen LogP contribution in [-0.4, -0.2) is 13.6 Å². The summed E-state index contributed by atoms with van der Waals surface area (Å²) < 4.78 is 0. The van der Waals surface area contributed by atoms with Gasteiger partial charge in [0.25, 0.3) is 0 Å². The molecule has 1 atom stereocenters. The van der Waals surface area contributed by atoms with Gasteiger partial charge in [-0.05, 0) is 43.5 Å². The minimum atomic E-state index is 0.0295. The van der Waals surface area contributed by atoms with Crippen LogP contribution in [0, 0.1) is 20.8 Å². The van der Waals surface area contributed by atoms with Gasteiger partial charge in [-0.3, -0.25) is 0 Å². The van der Waals surface area contributed by atoms with E-state index in [1.54, 1.807) is 0 Å². The van der Waals surface area contributed by atoms with Crippen LogP contribution in [0.4, 0.5) is 5.69 Å². The van der Waals surface area contributed by atoms with Crippen LogP contribution in [0.15, 0.2) is 42.5 Å². The van der Waals surface area contributed by atoms with Gasteiger partial charge in [-0.2, -0.15) is 0 Å². The standard InChI is InChI=1S/C18H24N2/c1-13-9-10-18(15(3)11-13)20(4)12-17(19)16-8-6-5-7-14(16)2/h5-11,17H,12,19H2,1-4H3. The van der Waals surface area contributed by atoms with Gasteiger partial charge in [0.1, 0.15) is 0 Å². The second kappa shape index (κ2) is 6.10. The van der Waals surface area contributed by atoms with Crippen molar-refractivity contribution >= 4 is 5.69 Å². The first kappa shape index (κ1) is 14.6. The lowest BCUT2D eigenvalue weighted by Crippen LogP contribution is -2.29. The maximum atomic E-state index is 6.37. The summed E-state index contributed by atoms with van der Waals surface area (Å²) in [5.41, 5.74) is 12.7. The van der Waals surface area contributed by atoms with E-state index < -0.39 is 0 Å². The van der Waals surface area contributed by atoms with Crippen molar-refractivity contribution in [3.05, 3.63) is 64.7 Å². The Hall–Kier alpha value is -1.80. The van der Waals surface area contributed by atoms with Crippen LogP contribution >= 0.6 is 0 Å². The number of aryl methyl sites for hydroxylation is 3. The first-order valence-electron chi connectivity index (χ1n) is 7.08. The number of hydrogen-bond acceptors (Lipinski definition) is 2. The minimum absolute atomic E-state index is 0.0295. The molecule has 2 aromatic rings. The topological polar surface area (TPSA) is 29.3 Å². The number of likely N-dealkylation sites (N-methyl/N-ethyl adjacent to an activating group) is 1. The molecule has 0 amide bonds. The Morgan fingerprint density at radius 2 is 1.70 bits per heavy atom. The van der Waals surface area contributed by atoms with Crippen molar-refractivity contribution < 1.29 is 0 Å². The average Bonchev–Trinajstić information content (AvgIpc) is 2.38. The highest BCUT2D eigenvalue weighted by molar-refractivity contribution is 5.54. The van der Waals surface area contributed by atoms with E-state index in [-0.39, 0.29) is 6.04 Å². The summed E-state index contributed by atoms with van der Waals surface area (Å²) in [5, 5.41) is 0. The van der Waals surface area contributed by atoms with Crippen LogP contribution in [0.2, 0.25) is 0 Å². The summed E-state index contributed by atoms with van der Waals surface area (Å²) in [5.74, 6) is 0. The number of anilines is 1. The largest absolute Gasteiger partial charge is 0.372 e. The number of rotatable bonds is 4. The molecule has 0 saturated carbocycles. The third-order valence-corrected chi connectivity index (χ3v) is 3.82. The van der Waals surface area contributed by atoms with Crippen molar-refractivity contribution in [1.29, 1.82) is 0 Å². The Bertz CT molecular complexity index is 590. The van der Waals surface area contributed by atoms with Crippen molar-refractivity contribution in [1.82, 2.24) is 0 Å². The normalized spacial score (nSPS) is 12.2. The molecule has 106 valence electrons. The molecule has 0 aliphatic carbocycles. The Morgan fingerprint density at radius 1 is 1.00 bits per heavy atom. The predicted octanol–water partition coefficient (Wildman–Crippen LogP) is 3.75. The van der Waals surface area contributed by atoms with Gasteiger partial charge in [-0.15, -0.1) is 0 Å². The molecule has 1 unspecified atom stereocenters. The van der Waals surface area contributed by atoms with Crippen LogP contribution in [0.5, 0.6) is 0 Å². The third kappa shape index (κ3) is 3.20. The molecule has 0 fully saturated rings. The highest BCUT2D eigenvalue weighted by Crippen LogP contribution is 2.23. The molecule has 0 saturated heterocycles. The summed E-state index contributed by atoms with van der Waals surface area (Å²) in [7, 11) is 2.11. The number of nitrogens with zero attached hydrogens (tertiary/aromatic N) is 1. The molecule has 2 heteroatoms. The Balaban J connectivity index is 2.15. The summed E-state index contributed by atoms with van der Waals surface area (Å²) in [6, 6.07) is 14.9. The second-order valence-electron chi connectivity index (χ2n) is 5.63. The van der Waals surface area contributed by atoms with Gasteiger partial charge in [0.05, 0.1) is 0 Å². The van der Waals surface area contributed by atoms with Crippen molar-refractivity contribution in [2.45, 2.75) is 26.8 Å². The first-order valence-corrected chi connectivity index (χ1v) is 7.08. The summed E-state index contributed by atoms with van der Waals surface area (Å²) >= 11 is 0. The quantitative estimate of drug-likeness (QED) is 0.915. The lowest BCUT2D eigenvalue weighted by molar-refractivity contribution is 0.698. The van der Waals surface area contributed by atoms with Crippen molar-refractivity contribution in [3.63, 3.8) is 0 Å². The van der Waals surface area contributed by atoms with Gasteiger partial charge >= 0.3 is 0 Å². The van der Waals surface area contributed by atoms with Crippen LogP contribution in [0.1, 0.15) is 28.3 Å². The molecule has 2 rings (SSSR count). The van der Waals surface area contributed by atoms with Crippen molar-refractivity contribution in [2.75, 3.05) is 18.5 Å². The summed E-state index contributed by atoms with van der Waals surface area (Å²) in [4.78, 5) is 2.24. The zero-order chi connectivity index (χ0) is 14.7. The van der Waals surface area contributed by atoms with Crippen LogP contribution in [-0.2, 0) is 0 Å². The van der Waals surface area contributed by atoms with Crippen LogP contribution in [0.25, 0.3) is 0 Å². The van der Waals surface area contributed by atoms with Gasteiger partial charge < -0.3 is 10.6 Å². The van der Waals surface area contributed by atoms with Gasteiger partial charge in [-0.25, -0.2) is 0 Å². The summed E-state index contributed by atoms with van der Waals surface area (Å²) in [6.45, 7) is 7.20.